The second-order valence-electron chi connectivity index (χ2n) is 19.1. The molecular formula is C60H92NiO4P2. The van der Waals surface area contributed by atoms with E-state index in [1.54, 1.807) is 0 Å². The van der Waals surface area contributed by atoms with Crippen LogP contribution in [0.4, 0.5) is 0 Å². The zero-order chi connectivity index (χ0) is 47.6. The van der Waals surface area contributed by atoms with E-state index in [-0.39, 0.29) is 16.5 Å². The molecule has 7 heteroatoms. The first-order chi connectivity index (χ1) is 32.2. The first kappa shape index (κ1) is 60.9. The van der Waals surface area contributed by atoms with Crippen LogP contribution in [0.1, 0.15) is 230 Å². The fraction of sp³-hybridized carbons (Fsp3) is 0.600. The van der Waals surface area contributed by atoms with Crippen molar-refractivity contribution in [1.29, 1.82) is 0 Å². The van der Waals surface area contributed by atoms with Crippen molar-refractivity contribution in [1.82, 2.24) is 0 Å². The maximum atomic E-state index is 13.7. The topological polar surface area (TPSA) is 80.3 Å². The van der Waals surface area contributed by atoms with Crippen molar-refractivity contribution < 1.29 is 35.4 Å². The van der Waals surface area contributed by atoms with Gasteiger partial charge in [0, 0.05) is 21.2 Å². The molecule has 4 nitrogen and oxygen atoms in total. The Morgan fingerprint density at radius 3 is 0.642 bits per heavy atom. The van der Waals surface area contributed by atoms with Gasteiger partial charge in [-0.2, -0.15) is 0 Å². The van der Waals surface area contributed by atoms with Crippen LogP contribution in [0.3, 0.4) is 0 Å². The molecule has 0 N–H and O–H groups in total. The second-order valence-corrected chi connectivity index (χ2v) is 23.2. The van der Waals surface area contributed by atoms with Crippen LogP contribution >= 0.6 is 14.7 Å². The molecule has 0 fully saturated rings. The summed E-state index contributed by atoms with van der Waals surface area (Å²) in [7, 11) is -7.73. The van der Waals surface area contributed by atoms with Crippen molar-refractivity contribution in [3.05, 3.63) is 119 Å². The van der Waals surface area contributed by atoms with Gasteiger partial charge < -0.3 is 18.9 Å². The van der Waals surface area contributed by atoms with Crippen LogP contribution in [0.15, 0.2) is 97.1 Å². The fourth-order valence-electron chi connectivity index (χ4n) is 9.39. The van der Waals surface area contributed by atoms with Crippen LogP contribution in [0, 0.1) is 0 Å². The standard InChI is InChI=1S/2C30H47O2P.Ni/c2*1-3-5-7-9-11-13-15-21-27-23-17-19-25-29(27)33(31,32)30-26-20-18-24-28(30)22-16-14-12-10-8-6-4-2;/h2*17-20,23-26H,3-16,21-22H2,1-2H3,(H,31,32);/q;;+2/p-2. The maximum absolute atomic E-state index is 13.7. The Bertz CT molecular complexity index is 1670. The van der Waals surface area contributed by atoms with Crippen molar-refractivity contribution in [2.24, 2.45) is 0 Å². The predicted molar refractivity (Wildman–Crippen MR) is 286 cm³/mol. The van der Waals surface area contributed by atoms with Gasteiger partial charge in [0.1, 0.15) is 0 Å². The van der Waals surface area contributed by atoms with Gasteiger partial charge in [0.25, 0.3) is 0 Å². The summed E-state index contributed by atoms with van der Waals surface area (Å²) >= 11 is 0. The summed E-state index contributed by atoms with van der Waals surface area (Å²) in [5.74, 6) is 0. The Balaban J connectivity index is 0.000000453. The van der Waals surface area contributed by atoms with Crippen LogP contribution in [-0.4, -0.2) is 0 Å². The largest absolute Gasteiger partial charge is 2.00 e. The van der Waals surface area contributed by atoms with Crippen molar-refractivity contribution in [3.63, 3.8) is 0 Å². The Morgan fingerprint density at radius 2 is 0.448 bits per heavy atom. The van der Waals surface area contributed by atoms with Crippen molar-refractivity contribution >= 4 is 36.0 Å². The van der Waals surface area contributed by atoms with Crippen LogP contribution in [-0.2, 0) is 51.3 Å². The van der Waals surface area contributed by atoms with Gasteiger partial charge in [-0.05, 0) is 73.6 Å². The SMILES string of the molecule is CCCCCCCCCc1ccccc1P(=O)([O-])c1ccccc1CCCCCCCCC.CCCCCCCCCc1ccccc1P(=O)([O-])c1ccccc1CCCCCCCCC.[Ni+2]. The number of hydrogen-bond donors (Lipinski definition) is 0. The number of rotatable bonds is 36. The monoisotopic (exact) mass is 997 g/mol. The molecule has 4 aromatic carbocycles. The summed E-state index contributed by atoms with van der Waals surface area (Å²) in [5, 5.41) is 2.12. The third kappa shape index (κ3) is 23.5. The summed E-state index contributed by atoms with van der Waals surface area (Å²) in [5.41, 5.74) is 3.93. The van der Waals surface area contributed by atoms with Gasteiger partial charge in [-0.25, -0.2) is 0 Å². The van der Waals surface area contributed by atoms with E-state index in [2.05, 4.69) is 27.7 Å². The van der Waals surface area contributed by atoms with Crippen LogP contribution in [0.5, 0.6) is 0 Å². The fourth-order valence-corrected chi connectivity index (χ4v) is 13.3. The first-order valence-electron chi connectivity index (χ1n) is 27.2. The molecule has 0 saturated heterocycles. The Morgan fingerprint density at radius 1 is 0.284 bits per heavy atom. The van der Waals surface area contributed by atoms with Gasteiger partial charge in [-0.3, -0.25) is 0 Å². The molecule has 0 aliphatic rings. The smallest absolute Gasteiger partial charge is 0.793 e. The van der Waals surface area contributed by atoms with E-state index in [4.69, 9.17) is 0 Å². The number of benzene rings is 4. The Labute approximate surface area is 421 Å². The number of unbranched alkanes of at least 4 members (excludes halogenated alkanes) is 24. The minimum atomic E-state index is -3.86. The molecule has 0 radical (unpaired) electrons. The van der Waals surface area contributed by atoms with Gasteiger partial charge >= 0.3 is 16.5 Å². The van der Waals surface area contributed by atoms with Gasteiger partial charge in [-0.15, -0.1) is 0 Å². The summed E-state index contributed by atoms with van der Waals surface area (Å²) in [6, 6.07) is 30.7. The van der Waals surface area contributed by atoms with Gasteiger partial charge in [0.2, 0.25) is 0 Å². The van der Waals surface area contributed by atoms with E-state index in [1.165, 1.54) is 154 Å². The zero-order valence-corrected chi connectivity index (χ0v) is 45.5. The van der Waals surface area contributed by atoms with E-state index < -0.39 is 14.7 Å². The summed E-state index contributed by atoms with van der Waals surface area (Å²) in [4.78, 5) is 27.4. The molecule has 0 atom stereocenters. The van der Waals surface area contributed by atoms with E-state index >= 15 is 0 Å². The molecule has 0 unspecified atom stereocenters. The molecule has 67 heavy (non-hydrogen) atoms. The van der Waals surface area contributed by atoms with Gasteiger partial charge in [-0.1, -0.05) is 279 Å². The molecule has 4 rings (SSSR count). The molecule has 0 aliphatic carbocycles. The second kappa shape index (κ2) is 37.6. The minimum absolute atomic E-state index is 0. The van der Waals surface area contributed by atoms with Gasteiger partial charge in [0.05, 0.1) is 14.7 Å². The zero-order valence-electron chi connectivity index (χ0n) is 42.7. The molecule has 0 aromatic heterocycles. The average molecular weight is 998 g/mol. The van der Waals surface area contributed by atoms with E-state index in [0.717, 1.165) is 73.6 Å². The quantitative estimate of drug-likeness (QED) is 0.0258. The molecule has 0 spiro atoms. The Hall–Kier alpha value is -2.25. The Kier molecular flexibility index (Phi) is 34.1. The van der Waals surface area contributed by atoms with Crippen LogP contribution in [0.2, 0.25) is 0 Å². The van der Waals surface area contributed by atoms with Crippen molar-refractivity contribution in [2.45, 2.75) is 233 Å². The number of hydrogen-bond acceptors (Lipinski definition) is 4. The maximum Gasteiger partial charge on any atom is 2.00 e. The third-order valence-corrected chi connectivity index (χ3v) is 17.7. The van der Waals surface area contributed by atoms with E-state index in [0.29, 0.717) is 21.2 Å². The van der Waals surface area contributed by atoms with Gasteiger partial charge in [0.15, 0.2) is 0 Å². The van der Waals surface area contributed by atoms with Crippen molar-refractivity contribution in [2.75, 3.05) is 0 Å². The number of aryl methyl sites for hydroxylation is 4. The molecule has 0 heterocycles. The van der Waals surface area contributed by atoms with E-state index in [9.17, 15) is 18.9 Å². The predicted octanol–water partition coefficient (Wildman–Crippen LogP) is 15.7. The summed E-state index contributed by atoms with van der Waals surface area (Å²) in [6.45, 7) is 8.96. The minimum Gasteiger partial charge on any atom is -0.793 e. The first-order valence-corrected chi connectivity index (χ1v) is 30.4. The third-order valence-electron chi connectivity index (χ3n) is 13.4. The molecule has 0 amide bonds. The molecule has 376 valence electrons. The average Bonchev–Trinajstić information content (AvgIpc) is 3.33. The van der Waals surface area contributed by atoms with Crippen LogP contribution in [0.25, 0.3) is 0 Å². The molecule has 0 saturated carbocycles. The molecule has 0 bridgehead atoms. The van der Waals surface area contributed by atoms with Crippen molar-refractivity contribution in [3.8, 4) is 0 Å². The molecule has 0 aliphatic heterocycles. The molecular weight excluding hydrogens is 905 g/mol. The summed E-state index contributed by atoms with van der Waals surface area (Å²) < 4.78 is 27.4. The van der Waals surface area contributed by atoms with E-state index in [1.807, 2.05) is 97.1 Å². The molecule has 4 aromatic rings. The van der Waals surface area contributed by atoms with Crippen LogP contribution < -0.4 is 31.0 Å². The summed E-state index contributed by atoms with van der Waals surface area (Å²) in [6.07, 6.45) is 38.1. The normalized spacial score (nSPS) is 11.6.